The molecule has 0 aliphatic carbocycles. The highest BCUT2D eigenvalue weighted by Crippen LogP contribution is 2.54. The molecule has 0 aromatic heterocycles. The zero-order valence-corrected chi connectivity index (χ0v) is 24.3. The van der Waals surface area contributed by atoms with Crippen molar-refractivity contribution >= 4 is 17.8 Å². The van der Waals surface area contributed by atoms with Gasteiger partial charge in [-0.2, -0.15) is 0 Å². The molecule has 0 saturated heterocycles. The lowest BCUT2D eigenvalue weighted by molar-refractivity contribution is 0.415. The van der Waals surface area contributed by atoms with Crippen molar-refractivity contribution in [3.63, 3.8) is 0 Å². The molecule has 1 heterocycles. The maximum absolute atomic E-state index is 15.1. The third kappa shape index (κ3) is 5.70. The summed E-state index contributed by atoms with van der Waals surface area (Å²) in [5.41, 5.74) is 6.65. The minimum absolute atomic E-state index is 0.721. The summed E-state index contributed by atoms with van der Waals surface area (Å²) in [6.45, 7) is 2.25. The van der Waals surface area contributed by atoms with E-state index in [1.807, 2.05) is 24.3 Å². The van der Waals surface area contributed by atoms with Crippen LogP contribution < -0.4 is 20.1 Å². The second-order valence-electron chi connectivity index (χ2n) is 10.5. The lowest BCUT2D eigenvalue weighted by atomic mass is 9.98. The largest absolute Gasteiger partial charge is 0.497 e. The number of hydrogen-bond donors (Lipinski definition) is 0. The summed E-state index contributed by atoms with van der Waals surface area (Å²) in [5.74, 6) is 1.67. The quantitative estimate of drug-likeness (QED) is 0.133. The van der Waals surface area contributed by atoms with Crippen LogP contribution in [-0.4, -0.2) is 20.4 Å². The van der Waals surface area contributed by atoms with E-state index in [0.29, 0.717) is 0 Å². The van der Waals surface area contributed by atoms with Gasteiger partial charge >= 0.3 is 0 Å². The Kier molecular flexibility index (Phi) is 8.58. The van der Waals surface area contributed by atoms with Gasteiger partial charge in [-0.3, -0.25) is 0 Å². The third-order valence-corrected chi connectivity index (χ3v) is 11.2. The monoisotopic (exact) mass is 538 g/mol. The van der Waals surface area contributed by atoms with Gasteiger partial charge in [0.15, 0.2) is 0 Å². The molecule has 0 amide bonds. The van der Waals surface area contributed by atoms with Crippen molar-refractivity contribution in [2.24, 2.45) is 0 Å². The van der Waals surface area contributed by atoms with Gasteiger partial charge < -0.3 is 14.0 Å². The molecule has 0 N–H and O–H groups in total. The Labute approximate surface area is 233 Å². The zero-order chi connectivity index (χ0) is 27.2. The molecule has 0 radical (unpaired) electrons. The van der Waals surface area contributed by atoms with Gasteiger partial charge in [-0.25, -0.2) is 0 Å². The lowest BCUT2D eigenvalue weighted by Crippen LogP contribution is -2.14. The topological polar surface area (TPSA) is 35.5 Å². The molecule has 5 rings (SSSR count). The normalized spacial score (nSPS) is 13.1. The summed E-state index contributed by atoms with van der Waals surface area (Å²) in [7, 11) is 0.579. The van der Waals surface area contributed by atoms with Crippen LogP contribution in [0.3, 0.4) is 0 Å². The fraction of sp³-hybridized carbons (Fsp3) is 0.314. The number of unbranched alkanes of at least 4 members (excludes halogenated alkanes) is 6. The molecule has 1 aliphatic rings. The van der Waals surface area contributed by atoms with Crippen molar-refractivity contribution in [1.82, 2.24) is 0 Å². The minimum Gasteiger partial charge on any atom is -0.497 e. The average Bonchev–Trinajstić information content (AvgIpc) is 3.24. The van der Waals surface area contributed by atoms with Gasteiger partial charge in [0, 0.05) is 16.8 Å². The van der Waals surface area contributed by atoms with Gasteiger partial charge in [-0.1, -0.05) is 94.0 Å². The van der Waals surface area contributed by atoms with Crippen LogP contribution in [0.15, 0.2) is 84.9 Å². The Morgan fingerprint density at radius 2 is 0.949 bits per heavy atom. The summed E-state index contributed by atoms with van der Waals surface area (Å²) < 4.78 is 25.8. The molecule has 1 aliphatic heterocycles. The van der Waals surface area contributed by atoms with Crippen molar-refractivity contribution in [1.29, 1.82) is 0 Å². The van der Waals surface area contributed by atoms with Crippen LogP contribution in [0.5, 0.6) is 11.5 Å². The Morgan fingerprint density at radius 1 is 0.538 bits per heavy atom. The van der Waals surface area contributed by atoms with Crippen molar-refractivity contribution in [2.75, 3.05) is 20.4 Å². The summed E-state index contributed by atoms with van der Waals surface area (Å²) in [5, 5.41) is 2.03. The van der Waals surface area contributed by atoms with Crippen LogP contribution in [-0.2, 0) is 4.57 Å². The standard InChI is InChI=1S/C35H39O3P/c1-4-5-6-7-8-9-10-23-39(36)34-24-28(26-11-17-30(37-2)18-12-26)15-21-32(34)33-22-16-29(25-35(33)39)27-13-19-31(38-3)20-14-27/h11-22,24-25H,4-10,23H2,1-3H3. The lowest BCUT2D eigenvalue weighted by Gasteiger charge is -2.17. The number of benzene rings is 4. The van der Waals surface area contributed by atoms with Crippen molar-refractivity contribution in [2.45, 2.75) is 51.9 Å². The fourth-order valence-electron chi connectivity index (χ4n) is 5.70. The second kappa shape index (κ2) is 12.3. The van der Waals surface area contributed by atoms with E-state index in [0.717, 1.165) is 74.5 Å². The molecule has 4 heteroatoms. The number of rotatable bonds is 12. The van der Waals surface area contributed by atoms with Gasteiger partial charge in [0.05, 0.1) is 14.2 Å². The molecule has 39 heavy (non-hydrogen) atoms. The molecule has 0 bridgehead atoms. The molecular weight excluding hydrogens is 499 g/mol. The first-order valence-electron chi connectivity index (χ1n) is 14.2. The van der Waals surface area contributed by atoms with E-state index in [4.69, 9.17) is 9.47 Å². The molecule has 4 aromatic rings. The van der Waals surface area contributed by atoms with Crippen molar-refractivity contribution < 1.29 is 14.0 Å². The first-order chi connectivity index (χ1) is 19.1. The molecule has 0 spiro atoms. The molecule has 0 unspecified atom stereocenters. The van der Waals surface area contributed by atoms with E-state index in [1.165, 1.54) is 32.1 Å². The average molecular weight is 539 g/mol. The van der Waals surface area contributed by atoms with Crippen molar-refractivity contribution in [3.8, 4) is 44.9 Å². The Balaban J connectivity index is 1.50. The molecule has 202 valence electrons. The molecule has 4 aromatic carbocycles. The fourth-order valence-corrected chi connectivity index (χ4v) is 8.98. The highest BCUT2D eigenvalue weighted by atomic mass is 31.2. The maximum Gasteiger partial charge on any atom is 0.144 e. The van der Waals surface area contributed by atoms with Crippen LogP contribution in [0.25, 0.3) is 33.4 Å². The highest BCUT2D eigenvalue weighted by Gasteiger charge is 2.38. The number of hydrogen-bond acceptors (Lipinski definition) is 3. The Hall–Kier alpha value is -3.29. The highest BCUT2D eigenvalue weighted by molar-refractivity contribution is 7.80. The molecule has 0 saturated carbocycles. The number of methoxy groups -OCH3 is 2. The van der Waals surface area contributed by atoms with Crippen molar-refractivity contribution in [3.05, 3.63) is 84.9 Å². The molecule has 0 fully saturated rings. The van der Waals surface area contributed by atoms with E-state index in [9.17, 15) is 0 Å². The van der Waals surface area contributed by atoms with Crippen LogP contribution in [0, 0.1) is 0 Å². The predicted molar refractivity (Wildman–Crippen MR) is 166 cm³/mol. The second-order valence-corrected chi connectivity index (χ2v) is 13.4. The molecule has 0 atom stereocenters. The summed E-state index contributed by atoms with van der Waals surface area (Å²) in [6, 6.07) is 29.3. The first kappa shape index (κ1) is 27.3. The van der Waals surface area contributed by atoms with Gasteiger partial charge in [0.25, 0.3) is 0 Å². The predicted octanol–water partition coefficient (Wildman–Crippen LogP) is 9.08. The van der Waals surface area contributed by atoms with E-state index in [1.54, 1.807) is 14.2 Å². The maximum atomic E-state index is 15.1. The Bertz CT molecular complexity index is 1350. The van der Waals surface area contributed by atoms with Gasteiger partial charge in [0.1, 0.15) is 18.6 Å². The third-order valence-electron chi connectivity index (χ3n) is 7.99. The number of ether oxygens (including phenoxy) is 2. The van der Waals surface area contributed by atoms with Crippen LogP contribution in [0.2, 0.25) is 0 Å². The van der Waals surface area contributed by atoms with E-state index >= 15 is 4.57 Å². The summed E-state index contributed by atoms with van der Waals surface area (Å²) in [6.07, 6.45) is 9.20. The van der Waals surface area contributed by atoms with Gasteiger partial charge in [-0.15, -0.1) is 0 Å². The van der Waals surface area contributed by atoms with E-state index in [-0.39, 0.29) is 0 Å². The van der Waals surface area contributed by atoms with Crippen LogP contribution >= 0.6 is 7.14 Å². The van der Waals surface area contributed by atoms with E-state index < -0.39 is 7.14 Å². The minimum atomic E-state index is -2.79. The first-order valence-corrected chi connectivity index (χ1v) is 16.1. The molecule has 3 nitrogen and oxygen atoms in total. The zero-order valence-electron chi connectivity index (χ0n) is 23.4. The van der Waals surface area contributed by atoms with Gasteiger partial charge in [0.2, 0.25) is 0 Å². The van der Waals surface area contributed by atoms with Crippen LogP contribution in [0.1, 0.15) is 51.9 Å². The van der Waals surface area contributed by atoms with Gasteiger partial charge in [-0.05, 0) is 76.2 Å². The molecular formula is C35H39O3P. The number of fused-ring (bicyclic) bond motifs is 3. The smallest absolute Gasteiger partial charge is 0.144 e. The SMILES string of the molecule is CCCCCCCCCP1(=O)c2cc(-c3ccc(OC)cc3)ccc2-c2ccc(-c3ccc(OC)cc3)cc21. The van der Waals surface area contributed by atoms with E-state index in [2.05, 4.69) is 67.6 Å². The van der Waals surface area contributed by atoms with Crippen LogP contribution in [0.4, 0.5) is 0 Å². The summed E-state index contributed by atoms with van der Waals surface area (Å²) >= 11 is 0. The summed E-state index contributed by atoms with van der Waals surface area (Å²) in [4.78, 5) is 0. The Morgan fingerprint density at radius 3 is 1.38 bits per heavy atom.